The minimum atomic E-state index is -0.568. The van der Waals surface area contributed by atoms with Gasteiger partial charge < -0.3 is 18.6 Å². The van der Waals surface area contributed by atoms with Crippen LogP contribution in [0.3, 0.4) is 0 Å². The molecule has 0 bridgehead atoms. The van der Waals surface area contributed by atoms with Crippen LogP contribution in [0.5, 0.6) is 17.2 Å². The molecule has 0 amide bonds. The van der Waals surface area contributed by atoms with Crippen molar-refractivity contribution in [1.82, 2.24) is 0 Å². The molecule has 0 saturated carbocycles. The second kappa shape index (κ2) is 10.4. The Bertz CT molecular complexity index is 1700. The molecule has 37 heavy (non-hydrogen) atoms. The molecule has 6 heteroatoms. The van der Waals surface area contributed by atoms with Crippen molar-refractivity contribution in [2.24, 2.45) is 0 Å². The fourth-order valence-corrected chi connectivity index (χ4v) is 4.07. The van der Waals surface area contributed by atoms with Crippen molar-refractivity contribution in [3.05, 3.63) is 118 Å². The lowest BCUT2D eigenvalue weighted by atomic mass is 10.1. The van der Waals surface area contributed by atoms with E-state index in [4.69, 9.17) is 18.6 Å². The normalized spacial score (nSPS) is 11.2. The lowest BCUT2D eigenvalue weighted by Gasteiger charge is -2.12. The predicted molar refractivity (Wildman–Crippen MR) is 143 cm³/mol. The lowest BCUT2D eigenvalue weighted by Crippen LogP contribution is -2.04. The van der Waals surface area contributed by atoms with E-state index in [1.54, 1.807) is 55.7 Å². The number of esters is 1. The first-order chi connectivity index (χ1) is 18.0. The zero-order chi connectivity index (χ0) is 25.8. The monoisotopic (exact) mass is 492 g/mol. The van der Waals surface area contributed by atoms with Gasteiger partial charge in [-0.05, 0) is 65.4 Å². The lowest BCUT2D eigenvalue weighted by molar-refractivity contribution is -0.128. The highest BCUT2D eigenvalue weighted by Crippen LogP contribution is 2.30. The number of methoxy groups -OCH3 is 1. The van der Waals surface area contributed by atoms with Gasteiger partial charge in [0.2, 0.25) is 0 Å². The summed E-state index contributed by atoms with van der Waals surface area (Å²) in [5.74, 6) is 0.871. The molecule has 0 saturated heterocycles. The topological polar surface area (TPSA) is 75.0 Å². The molecule has 0 unspecified atom stereocenters. The van der Waals surface area contributed by atoms with Crippen molar-refractivity contribution in [1.29, 1.82) is 0 Å². The van der Waals surface area contributed by atoms with Crippen LogP contribution >= 0.6 is 0 Å². The third-order valence-electron chi connectivity index (χ3n) is 6.06. The average molecular weight is 493 g/mol. The third kappa shape index (κ3) is 5.23. The molecule has 0 N–H and O–H groups in total. The Hall–Kier alpha value is -4.84. The Morgan fingerprint density at radius 2 is 1.65 bits per heavy atom. The molecule has 0 aliphatic carbocycles. The standard InChI is InChI=1S/C31H24O6/c1-20-7-3-4-8-22(20)19-35-27-15-11-21(17-29(27)34-2)12-16-30(32)36-23-13-14-25-24-9-5-6-10-26(24)31(33)37-28(25)18-23/h3-18H,19H2,1-2H3/b16-12+. The van der Waals surface area contributed by atoms with Crippen LogP contribution in [-0.4, -0.2) is 13.1 Å². The van der Waals surface area contributed by atoms with Gasteiger partial charge in [-0.3, -0.25) is 0 Å². The van der Waals surface area contributed by atoms with Crippen molar-refractivity contribution in [2.75, 3.05) is 7.11 Å². The van der Waals surface area contributed by atoms with E-state index in [1.807, 2.05) is 49.4 Å². The van der Waals surface area contributed by atoms with Crippen LogP contribution in [0.1, 0.15) is 16.7 Å². The van der Waals surface area contributed by atoms with E-state index in [1.165, 1.54) is 6.08 Å². The molecule has 0 atom stereocenters. The summed E-state index contributed by atoms with van der Waals surface area (Å²) in [7, 11) is 1.57. The summed E-state index contributed by atoms with van der Waals surface area (Å²) in [5, 5.41) is 2.05. The van der Waals surface area contributed by atoms with Gasteiger partial charge in [-0.25, -0.2) is 9.59 Å². The van der Waals surface area contributed by atoms with Crippen molar-refractivity contribution in [3.8, 4) is 17.2 Å². The molecule has 1 aromatic heterocycles. The van der Waals surface area contributed by atoms with Crippen LogP contribution in [0.2, 0.25) is 0 Å². The maximum atomic E-state index is 12.5. The molecule has 1 heterocycles. The molecule has 184 valence electrons. The van der Waals surface area contributed by atoms with E-state index in [0.717, 1.165) is 27.5 Å². The minimum absolute atomic E-state index is 0.276. The van der Waals surface area contributed by atoms with Crippen molar-refractivity contribution >= 4 is 33.8 Å². The number of carbonyl (C=O) groups excluding carboxylic acids is 1. The Morgan fingerprint density at radius 1 is 0.865 bits per heavy atom. The summed E-state index contributed by atoms with van der Waals surface area (Å²) in [6, 6.07) is 25.7. The molecule has 5 rings (SSSR count). The first-order valence-electron chi connectivity index (χ1n) is 11.7. The molecular weight excluding hydrogens is 468 g/mol. The fraction of sp³-hybridized carbons (Fsp3) is 0.0968. The van der Waals surface area contributed by atoms with E-state index in [-0.39, 0.29) is 5.75 Å². The maximum absolute atomic E-state index is 12.5. The average Bonchev–Trinajstić information content (AvgIpc) is 2.92. The quantitative estimate of drug-likeness (QED) is 0.0853. The molecule has 5 aromatic rings. The van der Waals surface area contributed by atoms with Gasteiger partial charge in [-0.2, -0.15) is 0 Å². The molecule has 6 nitrogen and oxygen atoms in total. The molecule has 4 aromatic carbocycles. The van der Waals surface area contributed by atoms with Crippen LogP contribution in [0, 0.1) is 6.92 Å². The Labute approximate surface area is 213 Å². The minimum Gasteiger partial charge on any atom is -0.493 e. The number of carbonyl (C=O) groups is 1. The van der Waals surface area contributed by atoms with Gasteiger partial charge in [0, 0.05) is 17.5 Å². The summed E-state index contributed by atoms with van der Waals surface area (Å²) < 4.78 is 22.3. The molecule has 0 spiro atoms. The third-order valence-corrected chi connectivity index (χ3v) is 6.06. The number of benzene rings is 4. The van der Waals surface area contributed by atoms with Crippen LogP contribution in [-0.2, 0) is 11.4 Å². The van der Waals surface area contributed by atoms with Gasteiger partial charge in [-0.15, -0.1) is 0 Å². The molecule has 0 radical (unpaired) electrons. The first kappa shape index (κ1) is 23.9. The van der Waals surface area contributed by atoms with Crippen LogP contribution in [0.15, 0.2) is 100 Å². The highest BCUT2D eigenvalue weighted by molar-refractivity contribution is 6.04. The summed E-state index contributed by atoms with van der Waals surface area (Å²) in [6.07, 6.45) is 2.95. The molecule has 0 aliphatic heterocycles. The van der Waals surface area contributed by atoms with Gasteiger partial charge in [0.05, 0.1) is 12.5 Å². The number of hydrogen-bond acceptors (Lipinski definition) is 6. The van der Waals surface area contributed by atoms with E-state index in [0.29, 0.717) is 29.1 Å². The number of aryl methyl sites for hydroxylation is 1. The number of hydrogen-bond donors (Lipinski definition) is 0. The van der Waals surface area contributed by atoms with Crippen LogP contribution in [0.25, 0.3) is 27.8 Å². The van der Waals surface area contributed by atoms with Crippen LogP contribution in [0.4, 0.5) is 0 Å². The Balaban J connectivity index is 1.28. The van der Waals surface area contributed by atoms with Gasteiger partial charge in [0.25, 0.3) is 0 Å². The van der Waals surface area contributed by atoms with E-state index < -0.39 is 11.6 Å². The van der Waals surface area contributed by atoms with Crippen molar-refractivity contribution in [3.63, 3.8) is 0 Å². The van der Waals surface area contributed by atoms with Crippen molar-refractivity contribution < 1.29 is 23.4 Å². The van der Waals surface area contributed by atoms with Gasteiger partial charge in [0.15, 0.2) is 11.5 Å². The molecule has 0 aliphatic rings. The fourth-order valence-electron chi connectivity index (χ4n) is 4.07. The smallest absolute Gasteiger partial charge is 0.344 e. The summed E-state index contributed by atoms with van der Waals surface area (Å²) in [6.45, 7) is 2.46. The van der Waals surface area contributed by atoms with Crippen LogP contribution < -0.4 is 19.8 Å². The van der Waals surface area contributed by atoms with Gasteiger partial charge in [0.1, 0.15) is 17.9 Å². The van der Waals surface area contributed by atoms with E-state index in [9.17, 15) is 9.59 Å². The number of fused-ring (bicyclic) bond motifs is 3. The SMILES string of the molecule is COc1cc(/C=C/C(=O)Oc2ccc3c(c2)oc(=O)c2ccccc23)ccc1OCc1ccccc1C. The largest absolute Gasteiger partial charge is 0.493 e. The highest BCUT2D eigenvalue weighted by atomic mass is 16.5. The Morgan fingerprint density at radius 3 is 2.46 bits per heavy atom. The number of rotatable bonds is 7. The second-order valence-corrected chi connectivity index (χ2v) is 8.47. The summed E-state index contributed by atoms with van der Waals surface area (Å²) in [4.78, 5) is 24.7. The summed E-state index contributed by atoms with van der Waals surface area (Å²) in [5.41, 5.74) is 2.91. The first-order valence-corrected chi connectivity index (χ1v) is 11.7. The van der Waals surface area contributed by atoms with Gasteiger partial charge >= 0.3 is 11.6 Å². The molecule has 0 fully saturated rings. The highest BCUT2D eigenvalue weighted by Gasteiger charge is 2.10. The number of ether oxygens (including phenoxy) is 3. The molecular formula is C31H24O6. The summed E-state index contributed by atoms with van der Waals surface area (Å²) >= 11 is 0. The Kier molecular flexibility index (Phi) is 6.72. The van der Waals surface area contributed by atoms with Crippen molar-refractivity contribution in [2.45, 2.75) is 13.5 Å². The second-order valence-electron chi connectivity index (χ2n) is 8.47. The van der Waals surface area contributed by atoms with E-state index in [2.05, 4.69) is 0 Å². The zero-order valence-corrected chi connectivity index (χ0v) is 20.4. The van der Waals surface area contributed by atoms with E-state index >= 15 is 0 Å². The maximum Gasteiger partial charge on any atom is 0.344 e. The van der Waals surface area contributed by atoms with Gasteiger partial charge in [-0.1, -0.05) is 48.5 Å². The predicted octanol–water partition coefficient (Wildman–Crippen LogP) is 6.46. The zero-order valence-electron chi connectivity index (χ0n) is 20.4.